The summed E-state index contributed by atoms with van der Waals surface area (Å²) in [7, 11) is 5.01. The van der Waals surface area contributed by atoms with Crippen molar-refractivity contribution in [3.63, 3.8) is 0 Å². The summed E-state index contributed by atoms with van der Waals surface area (Å²) in [6.45, 7) is 0.926. The molecule has 0 saturated carbocycles. The van der Waals surface area contributed by atoms with Crippen molar-refractivity contribution in [2.75, 3.05) is 36.2 Å². The standard InChI is InChI=1S/C41H42N8O6/c1-47-24-27(20-33(47)39(51)43-28-10-5-4-6-11-28)26-14-16-29(17-15-26)44-40(52)38-46-36(25-48(38)2)45-37(50)13-9-19-55-35-22-32-31(21-34(35)54-3)41(53)49-18-8-7-12-30(49)23-42-32/h4-6,10-11,14-17,20-25,30H,7-9,12-13,18-19H2,1-3H3,(H,43,51)(H,44,52)(H,45,50)/t30-/m0/s1. The summed E-state index contributed by atoms with van der Waals surface area (Å²) in [6, 6.07) is 21.7. The SMILES string of the molecule is COc1cc2c(cc1OCCCC(=O)Nc1cn(C)c(C(=O)Nc3ccc(-c4cc(C(=O)Nc5ccccc5)n(C)c4)cc3)n1)N=C[C@@H]1CCCCN1C2=O. The molecular weight excluding hydrogens is 701 g/mol. The highest BCUT2D eigenvalue weighted by Gasteiger charge is 2.31. The van der Waals surface area contributed by atoms with E-state index >= 15 is 0 Å². The average Bonchev–Trinajstić information content (AvgIpc) is 3.73. The van der Waals surface area contributed by atoms with Gasteiger partial charge in [0.05, 0.1) is 31.0 Å². The van der Waals surface area contributed by atoms with Crippen LogP contribution in [0.5, 0.6) is 11.5 Å². The Morgan fingerprint density at radius 3 is 2.38 bits per heavy atom. The number of methoxy groups -OCH3 is 1. The van der Waals surface area contributed by atoms with Crippen molar-refractivity contribution in [3.8, 4) is 22.6 Å². The first-order chi connectivity index (χ1) is 26.7. The lowest BCUT2D eigenvalue weighted by Crippen LogP contribution is -2.43. The molecule has 14 nitrogen and oxygen atoms in total. The minimum atomic E-state index is -0.444. The number of ether oxygens (including phenoxy) is 2. The lowest BCUT2D eigenvalue weighted by Gasteiger charge is -2.32. The van der Waals surface area contributed by atoms with Crippen LogP contribution in [0.4, 0.5) is 22.9 Å². The van der Waals surface area contributed by atoms with E-state index in [1.54, 1.807) is 42.1 Å². The zero-order valence-corrected chi connectivity index (χ0v) is 30.9. The van der Waals surface area contributed by atoms with Crippen molar-refractivity contribution < 1.29 is 28.7 Å². The lowest BCUT2D eigenvalue weighted by atomic mass is 10.0. The summed E-state index contributed by atoms with van der Waals surface area (Å²) >= 11 is 0. The summed E-state index contributed by atoms with van der Waals surface area (Å²) < 4.78 is 14.8. The monoisotopic (exact) mass is 742 g/mol. The molecule has 5 aromatic rings. The highest BCUT2D eigenvalue weighted by molar-refractivity contribution is 6.05. The number of nitrogens with one attached hydrogen (secondary N) is 3. The minimum Gasteiger partial charge on any atom is -0.493 e. The second-order valence-corrected chi connectivity index (χ2v) is 13.5. The molecule has 3 aromatic carbocycles. The molecule has 2 aliphatic rings. The normalized spacial score (nSPS) is 14.7. The quantitative estimate of drug-likeness (QED) is 0.124. The van der Waals surface area contributed by atoms with Gasteiger partial charge in [-0.25, -0.2) is 4.98 Å². The molecule has 0 radical (unpaired) electrons. The molecule has 0 bridgehead atoms. The maximum absolute atomic E-state index is 13.3. The molecule has 0 unspecified atom stereocenters. The van der Waals surface area contributed by atoms with Crippen LogP contribution in [-0.2, 0) is 18.9 Å². The summed E-state index contributed by atoms with van der Waals surface area (Å²) in [5.41, 5.74) is 4.52. The summed E-state index contributed by atoms with van der Waals surface area (Å²) in [5, 5.41) is 8.50. The number of anilines is 3. The highest BCUT2D eigenvalue weighted by Crippen LogP contribution is 2.38. The summed E-state index contributed by atoms with van der Waals surface area (Å²) in [4.78, 5) is 62.8. The fraction of sp³-hybridized carbons (Fsp3) is 0.268. The summed E-state index contributed by atoms with van der Waals surface area (Å²) in [6.07, 6.45) is 8.76. The van der Waals surface area contributed by atoms with Crippen molar-refractivity contribution in [2.24, 2.45) is 19.1 Å². The first-order valence-corrected chi connectivity index (χ1v) is 18.1. The number of hydrogen-bond donors (Lipinski definition) is 3. The second kappa shape index (κ2) is 16.1. The molecule has 4 heterocycles. The molecule has 1 saturated heterocycles. The highest BCUT2D eigenvalue weighted by atomic mass is 16.5. The molecule has 0 spiro atoms. The van der Waals surface area contributed by atoms with E-state index in [0.29, 0.717) is 52.8 Å². The van der Waals surface area contributed by atoms with Gasteiger partial charge < -0.3 is 39.5 Å². The lowest BCUT2D eigenvalue weighted by molar-refractivity contribution is -0.116. The van der Waals surface area contributed by atoms with Gasteiger partial charge >= 0.3 is 0 Å². The minimum absolute atomic E-state index is 0.0102. The van der Waals surface area contributed by atoms with E-state index in [1.807, 2.05) is 72.9 Å². The van der Waals surface area contributed by atoms with E-state index in [1.165, 1.54) is 11.7 Å². The third-order valence-electron chi connectivity index (χ3n) is 9.61. The number of nitrogens with zero attached hydrogens (tertiary/aromatic N) is 5. The molecule has 14 heteroatoms. The number of carbonyl (C=O) groups excluding carboxylic acids is 4. The molecule has 2 aliphatic heterocycles. The zero-order valence-electron chi connectivity index (χ0n) is 30.9. The van der Waals surface area contributed by atoms with Crippen LogP contribution < -0.4 is 25.4 Å². The van der Waals surface area contributed by atoms with E-state index < -0.39 is 5.91 Å². The van der Waals surface area contributed by atoms with Crippen LogP contribution in [0.2, 0.25) is 0 Å². The predicted octanol–water partition coefficient (Wildman–Crippen LogP) is 6.45. The second-order valence-electron chi connectivity index (χ2n) is 13.5. The van der Waals surface area contributed by atoms with Crippen LogP contribution in [0.3, 0.4) is 0 Å². The molecule has 3 N–H and O–H groups in total. The van der Waals surface area contributed by atoms with Crippen molar-refractivity contribution in [3.05, 3.63) is 102 Å². The number of aryl methyl sites for hydroxylation is 2. The van der Waals surface area contributed by atoms with Gasteiger partial charge in [0, 0.05) is 68.7 Å². The van der Waals surface area contributed by atoms with Crippen LogP contribution >= 0.6 is 0 Å². The van der Waals surface area contributed by atoms with Gasteiger partial charge in [0.15, 0.2) is 17.3 Å². The number of para-hydroxylation sites is 1. The number of rotatable bonds is 12. The largest absolute Gasteiger partial charge is 0.493 e. The van der Waals surface area contributed by atoms with Crippen molar-refractivity contribution >= 4 is 52.7 Å². The number of aromatic nitrogens is 3. The smallest absolute Gasteiger partial charge is 0.291 e. The van der Waals surface area contributed by atoms with Crippen molar-refractivity contribution in [1.29, 1.82) is 0 Å². The number of piperidine rings is 1. The van der Waals surface area contributed by atoms with Crippen LogP contribution in [0.25, 0.3) is 11.1 Å². The Hall–Kier alpha value is -6.70. The third-order valence-corrected chi connectivity index (χ3v) is 9.61. The number of benzene rings is 3. The van der Waals surface area contributed by atoms with Gasteiger partial charge in [-0.05, 0) is 67.6 Å². The average molecular weight is 743 g/mol. The molecule has 0 aliphatic carbocycles. The molecule has 1 atom stereocenters. The zero-order chi connectivity index (χ0) is 38.5. The van der Waals surface area contributed by atoms with Crippen LogP contribution in [0.15, 0.2) is 90.2 Å². The molecule has 1 fully saturated rings. The van der Waals surface area contributed by atoms with E-state index in [-0.39, 0.29) is 48.4 Å². The van der Waals surface area contributed by atoms with Gasteiger partial charge in [-0.15, -0.1) is 0 Å². The Balaban J connectivity index is 0.900. The maximum atomic E-state index is 13.3. The number of imidazole rings is 1. The first-order valence-electron chi connectivity index (χ1n) is 18.1. The summed E-state index contributed by atoms with van der Waals surface area (Å²) in [5.74, 6) is 0.226. The Kier molecular flexibility index (Phi) is 10.7. The number of fused-ring (bicyclic) bond motifs is 2. The fourth-order valence-corrected chi connectivity index (χ4v) is 6.74. The number of hydrogen-bond acceptors (Lipinski definition) is 8. The Bertz CT molecular complexity index is 2260. The molecule has 2 aromatic heterocycles. The van der Waals surface area contributed by atoms with Gasteiger partial charge in [0.1, 0.15) is 5.69 Å². The number of amides is 4. The Labute approximate surface area is 318 Å². The number of aliphatic imine (C=N–C) groups is 1. The molecule has 7 rings (SSSR count). The van der Waals surface area contributed by atoms with Crippen molar-refractivity contribution in [1.82, 2.24) is 19.0 Å². The van der Waals surface area contributed by atoms with E-state index in [2.05, 4.69) is 25.9 Å². The maximum Gasteiger partial charge on any atom is 0.291 e. The van der Waals surface area contributed by atoms with Crippen LogP contribution in [0, 0.1) is 0 Å². The Morgan fingerprint density at radius 1 is 0.836 bits per heavy atom. The fourth-order valence-electron chi connectivity index (χ4n) is 6.74. The number of carbonyl (C=O) groups is 4. The Morgan fingerprint density at radius 2 is 1.60 bits per heavy atom. The van der Waals surface area contributed by atoms with Gasteiger partial charge in [-0.2, -0.15) is 0 Å². The van der Waals surface area contributed by atoms with Crippen LogP contribution in [-0.4, -0.2) is 75.2 Å². The van der Waals surface area contributed by atoms with Crippen molar-refractivity contribution in [2.45, 2.75) is 38.1 Å². The third kappa shape index (κ3) is 8.28. The van der Waals surface area contributed by atoms with Crippen LogP contribution in [0.1, 0.15) is 63.6 Å². The van der Waals surface area contributed by atoms with E-state index in [0.717, 1.165) is 30.4 Å². The van der Waals surface area contributed by atoms with Gasteiger partial charge in [0.2, 0.25) is 11.7 Å². The van der Waals surface area contributed by atoms with E-state index in [4.69, 9.17) is 9.47 Å². The molecule has 55 heavy (non-hydrogen) atoms. The van der Waals surface area contributed by atoms with Gasteiger partial charge in [-0.3, -0.25) is 24.2 Å². The predicted molar refractivity (Wildman–Crippen MR) is 210 cm³/mol. The topological polar surface area (TPSA) is 161 Å². The van der Waals surface area contributed by atoms with E-state index in [9.17, 15) is 19.2 Å². The first kappa shape index (κ1) is 36.6. The molecule has 4 amide bonds. The molecular formula is C41H42N8O6. The van der Waals surface area contributed by atoms with Gasteiger partial charge in [-0.1, -0.05) is 30.3 Å². The molecule has 282 valence electrons. The van der Waals surface area contributed by atoms with Gasteiger partial charge in [0.25, 0.3) is 17.7 Å².